The summed E-state index contributed by atoms with van der Waals surface area (Å²) < 4.78 is 0. The zero-order valence-corrected chi connectivity index (χ0v) is 54.9. The van der Waals surface area contributed by atoms with Crippen molar-refractivity contribution in [2.24, 2.45) is 11.8 Å². The Hall–Kier alpha value is -6.50. The first kappa shape index (κ1) is 95.2. The number of benzene rings is 6. The predicted molar refractivity (Wildman–Crippen MR) is 416 cm³/mol. The average molecular weight is 1200 g/mol. The number of rotatable bonds is 22. The van der Waals surface area contributed by atoms with Gasteiger partial charge in [0, 0.05) is 0 Å². The molecular weight excluding hydrogens is 1060 g/mol. The molecule has 0 aromatic heterocycles. The van der Waals surface area contributed by atoms with Crippen molar-refractivity contribution < 1.29 is 0 Å². The number of aryl methyl sites for hydroxylation is 4. The zero-order chi connectivity index (χ0) is 60.9. The van der Waals surface area contributed by atoms with Crippen LogP contribution < -0.4 is 0 Å². The summed E-state index contributed by atoms with van der Waals surface area (Å²) in [5, 5.41) is 0. The molecule has 0 nitrogen and oxygen atoms in total. The third-order valence-electron chi connectivity index (χ3n) is 13.1. The van der Waals surface area contributed by atoms with Gasteiger partial charge in [0.2, 0.25) is 0 Å². The summed E-state index contributed by atoms with van der Waals surface area (Å²) >= 11 is 0. The van der Waals surface area contributed by atoms with Crippen LogP contribution in [0.1, 0.15) is 261 Å². The first-order valence-electron chi connectivity index (χ1n) is 31.9. The Morgan fingerprint density at radius 1 is 0.250 bits per heavy atom. The fourth-order valence-corrected chi connectivity index (χ4v) is 7.70. The highest BCUT2D eigenvalue weighted by Gasteiger charge is 2.03. The van der Waals surface area contributed by atoms with E-state index in [1.807, 2.05) is 0 Å². The average Bonchev–Trinajstić information content (AvgIpc) is 3.71. The molecule has 492 valence electrons. The van der Waals surface area contributed by atoms with E-state index in [-0.39, 0.29) is 44.6 Å². The standard InChI is InChI=1S/C20H24.2C18H20.C8H16.3C6H12.6CH4/c1-3-17-9-13-19(14-10-17)7-5-6-8-20-15-11-18(4-2)12-16-20;1-15(17-9-5-3-6-10-17)13-14-16(2)18-11-7-4-8-12-18;1-3-15-5-9-17(10-6-15)13-14-18-11-7-16(4-2)8-12-18;1-7(2)5-6-8(3)4;3*1-3-5-6-4-2;;;;;;/h5-6,9-16H,3-4,7-8H2,1-2H3;3-16H,1-2H3;5-14H,3-4H2,1-2H3;5-8H,1-4H3;3*5-6H,3-4H2,1-2H3;6*1H4. The van der Waals surface area contributed by atoms with Gasteiger partial charge in [0.05, 0.1) is 0 Å². The molecular formula is C88H140. The van der Waals surface area contributed by atoms with E-state index < -0.39 is 0 Å². The summed E-state index contributed by atoms with van der Waals surface area (Å²) in [6, 6.07) is 56.6. The smallest absolute Gasteiger partial charge is 0.00102 e. The Balaban J connectivity index is -0.000000182. The molecule has 0 amide bonds. The molecule has 0 aliphatic rings. The van der Waals surface area contributed by atoms with E-state index in [1.165, 1.54) is 94.2 Å². The summed E-state index contributed by atoms with van der Waals surface area (Å²) in [5.41, 5.74) is 13.6. The number of hydrogen-bond donors (Lipinski definition) is 0. The largest absolute Gasteiger partial charge is 0.0888 e. The third kappa shape index (κ3) is 52.6. The lowest BCUT2D eigenvalue weighted by atomic mass is 9.96. The molecule has 6 rings (SSSR count). The van der Waals surface area contributed by atoms with Gasteiger partial charge < -0.3 is 0 Å². The Morgan fingerprint density at radius 2 is 0.466 bits per heavy atom. The van der Waals surface area contributed by atoms with Gasteiger partial charge in [0.1, 0.15) is 0 Å². The maximum Gasteiger partial charge on any atom is -0.00102 e. The maximum absolute atomic E-state index is 2.30. The molecule has 0 bridgehead atoms. The van der Waals surface area contributed by atoms with Crippen LogP contribution in [0.2, 0.25) is 0 Å². The molecule has 0 spiro atoms. The second-order valence-electron chi connectivity index (χ2n) is 21.3. The van der Waals surface area contributed by atoms with Gasteiger partial charge in [0.25, 0.3) is 0 Å². The second-order valence-corrected chi connectivity index (χ2v) is 21.3. The fourth-order valence-electron chi connectivity index (χ4n) is 7.70. The SMILES string of the molecule is C.C.C.C.C.C.CC(C)C=CC(C)C.CC(C=CC(C)c1ccccc1)c1ccccc1.CCC=CCC.CCC=CCC.CCC=CCC.CCc1ccc(C=Cc2ccc(CC)cc2)cc1.CCc1ccc(CC=CCc2ccc(CC)cc2)cc1. The van der Waals surface area contributed by atoms with Crippen LogP contribution in [-0.2, 0) is 38.5 Å². The van der Waals surface area contributed by atoms with Crippen LogP contribution in [-0.4, -0.2) is 0 Å². The fraction of sp³-hybridized carbons (Fsp3) is 0.432. The third-order valence-corrected chi connectivity index (χ3v) is 13.1. The predicted octanol–water partition coefficient (Wildman–Crippen LogP) is 29.0. The van der Waals surface area contributed by atoms with Gasteiger partial charge in [0.15, 0.2) is 0 Å². The molecule has 0 radical (unpaired) electrons. The second kappa shape index (κ2) is 66.5. The van der Waals surface area contributed by atoms with E-state index in [4.69, 9.17) is 0 Å². The van der Waals surface area contributed by atoms with E-state index in [9.17, 15) is 0 Å². The van der Waals surface area contributed by atoms with Crippen molar-refractivity contribution in [3.05, 3.63) is 286 Å². The molecule has 0 saturated heterocycles. The van der Waals surface area contributed by atoms with Gasteiger partial charge >= 0.3 is 0 Å². The van der Waals surface area contributed by atoms with Gasteiger partial charge in [-0.1, -0.05) is 398 Å². The molecule has 0 aliphatic carbocycles. The lowest BCUT2D eigenvalue weighted by Gasteiger charge is -2.09. The summed E-state index contributed by atoms with van der Waals surface area (Å²) in [7, 11) is 0. The molecule has 0 heteroatoms. The zero-order valence-electron chi connectivity index (χ0n) is 54.9. The molecule has 0 heterocycles. The van der Waals surface area contributed by atoms with Crippen LogP contribution in [0.5, 0.6) is 0 Å². The van der Waals surface area contributed by atoms with Gasteiger partial charge in [-0.15, -0.1) is 0 Å². The normalized spacial score (nSPS) is 11.0. The summed E-state index contributed by atoms with van der Waals surface area (Å²) in [6.45, 7) is 34.9. The van der Waals surface area contributed by atoms with Crippen molar-refractivity contribution in [2.45, 2.75) is 244 Å². The monoisotopic (exact) mass is 1200 g/mol. The highest BCUT2D eigenvalue weighted by atomic mass is 14.1. The molecule has 88 heavy (non-hydrogen) atoms. The quantitative estimate of drug-likeness (QED) is 0.0469. The molecule has 2 atom stereocenters. The van der Waals surface area contributed by atoms with E-state index in [1.54, 1.807) is 0 Å². The lowest BCUT2D eigenvalue weighted by molar-refractivity contribution is 0.780. The van der Waals surface area contributed by atoms with E-state index in [2.05, 4.69) is 354 Å². The van der Waals surface area contributed by atoms with Crippen molar-refractivity contribution >= 4 is 12.2 Å². The van der Waals surface area contributed by atoms with E-state index in [0.29, 0.717) is 23.7 Å². The van der Waals surface area contributed by atoms with Crippen molar-refractivity contribution in [1.29, 1.82) is 0 Å². The van der Waals surface area contributed by atoms with Gasteiger partial charge in [-0.25, -0.2) is 0 Å². The minimum Gasteiger partial charge on any atom is -0.0888 e. The minimum absolute atomic E-state index is 0. The number of allylic oxidation sites excluding steroid dienone is 12. The van der Waals surface area contributed by atoms with Crippen molar-refractivity contribution in [2.75, 3.05) is 0 Å². The van der Waals surface area contributed by atoms with Crippen LogP contribution in [0.25, 0.3) is 12.2 Å². The molecule has 0 aliphatic heterocycles. The maximum atomic E-state index is 2.30. The molecule has 6 aromatic rings. The molecule has 0 saturated carbocycles. The highest BCUT2D eigenvalue weighted by molar-refractivity contribution is 5.69. The first-order valence-corrected chi connectivity index (χ1v) is 31.9. The van der Waals surface area contributed by atoms with Crippen LogP contribution in [0.3, 0.4) is 0 Å². The van der Waals surface area contributed by atoms with Gasteiger partial charge in [-0.2, -0.15) is 0 Å². The first-order chi connectivity index (χ1) is 39.8. The van der Waals surface area contributed by atoms with Gasteiger partial charge in [-0.3, -0.25) is 0 Å². The van der Waals surface area contributed by atoms with Crippen LogP contribution >= 0.6 is 0 Å². The molecule has 2 unspecified atom stereocenters. The molecule has 0 N–H and O–H groups in total. The number of hydrogen-bond acceptors (Lipinski definition) is 0. The van der Waals surface area contributed by atoms with Crippen molar-refractivity contribution in [3.8, 4) is 0 Å². The lowest BCUT2D eigenvalue weighted by Crippen LogP contribution is -1.92. The molecule has 0 fully saturated rings. The summed E-state index contributed by atoms with van der Waals surface area (Å²) in [6.07, 6.45) is 44.6. The minimum atomic E-state index is 0. The van der Waals surface area contributed by atoms with Gasteiger partial charge in [-0.05, 0) is 156 Å². The topological polar surface area (TPSA) is 0 Å². The summed E-state index contributed by atoms with van der Waals surface area (Å²) in [4.78, 5) is 0. The Bertz CT molecular complexity index is 2330. The van der Waals surface area contributed by atoms with Crippen LogP contribution in [0.15, 0.2) is 231 Å². The van der Waals surface area contributed by atoms with E-state index >= 15 is 0 Å². The van der Waals surface area contributed by atoms with Crippen LogP contribution in [0, 0.1) is 11.8 Å². The summed E-state index contributed by atoms with van der Waals surface area (Å²) in [5.74, 6) is 2.35. The Kier molecular flexibility index (Phi) is 71.9. The Labute approximate surface area is 551 Å². The molecule has 6 aromatic carbocycles. The van der Waals surface area contributed by atoms with E-state index in [0.717, 1.165) is 38.5 Å². The van der Waals surface area contributed by atoms with Crippen molar-refractivity contribution in [3.63, 3.8) is 0 Å². The highest BCUT2D eigenvalue weighted by Crippen LogP contribution is 2.21. The Morgan fingerprint density at radius 3 is 0.670 bits per heavy atom. The van der Waals surface area contributed by atoms with Crippen LogP contribution in [0.4, 0.5) is 0 Å². The van der Waals surface area contributed by atoms with Crippen molar-refractivity contribution in [1.82, 2.24) is 0 Å².